The van der Waals surface area contributed by atoms with Gasteiger partial charge in [0.2, 0.25) is 0 Å². The van der Waals surface area contributed by atoms with Gasteiger partial charge in [-0.2, -0.15) is 5.10 Å². The average molecular weight is 334 g/mol. The number of aromatic amines is 1. The van der Waals surface area contributed by atoms with E-state index in [1.807, 2.05) is 24.5 Å². The molecule has 0 radical (unpaired) electrons. The fourth-order valence-corrected chi connectivity index (χ4v) is 3.44. The third kappa shape index (κ3) is 3.42. The van der Waals surface area contributed by atoms with E-state index < -0.39 is 0 Å². The maximum atomic E-state index is 6.23. The molecule has 0 spiro atoms. The molecule has 0 fully saturated rings. The van der Waals surface area contributed by atoms with Crippen LogP contribution in [0.2, 0.25) is 0 Å². The lowest BCUT2D eigenvalue weighted by molar-refractivity contribution is 0.0683. The highest BCUT2D eigenvalue weighted by atomic mass is 16.5. The van der Waals surface area contributed by atoms with E-state index in [-0.39, 0.29) is 5.60 Å². The van der Waals surface area contributed by atoms with Crippen molar-refractivity contribution in [2.45, 2.75) is 32.5 Å². The Kier molecular flexibility index (Phi) is 4.01. The van der Waals surface area contributed by atoms with Crippen LogP contribution in [-0.2, 0) is 13.1 Å². The maximum absolute atomic E-state index is 6.23. The summed E-state index contributed by atoms with van der Waals surface area (Å²) in [7, 11) is 0. The number of fused-ring (bicyclic) bond motifs is 1. The van der Waals surface area contributed by atoms with Gasteiger partial charge in [0.25, 0.3) is 0 Å². The molecule has 0 bridgehead atoms. The second kappa shape index (κ2) is 6.33. The Morgan fingerprint density at radius 3 is 2.88 bits per heavy atom. The maximum Gasteiger partial charge on any atom is 0.124 e. The molecule has 5 heteroatoms. The van der Waals surface area contributed by atoms with E-state index >= 15 is 0 Å². The molecule has 0 saturated carbocycles. The topological polar surface area (TPSA) is 54.0 Å². The average Bonchev–Trinajstić information content (AvgIpc) is 2.99. The Balaban J connectivity index is 1.62. The summed E-state index contributed by atoms with van der Waals surface area (Å²) >= 11 is 0. The summed E-state index contributed by atoms with van der Waals surface area (Å²) in [6, 6.07) is 12.3. The van der Waals surface area contributed by atoms with E-state index in [2.05, 4.69) is 58.2 Å². The number of ether oxygens (including phenoxy) is 1. The van der Waals surface area contributed by atoms with Crippen LogP contribution < -0.4 is 4.74 Å². The second-order valence-electron chi connectivity index (χ2n) is 7.13. The van der Waals surface area contributed by atoms with Gasteiger partial charge in [-0.25, -0.2) is 0 Å². The zero-order chi connectivity index (χ0) is 17.3. The molecule has 128 valence electrons. The van der Waals surface area contributed by atoms with Gasteiger partial charge in [-0.05, 0) is 32.0 Å². The first-order chi connectivity index (χ1) is 12.1. The van der Waals surface area contributed by atoms with E-state index in [9.17, 15) is 0 Å². The van der Waals surface area contributed by atoms with Gasteiger partial charge in [0.05, 0.1) is 11.9 Å². The molecule has 0 unspecified atom stereocenters. The van der Waals surface area contributed by atoms with Crippen molar-refractivity contribution >= 4 is 0 Å². The molecule has 3 aromatic rings. The van der Waals surface area contributed by atoms with Crippen LogP contribution in [0.1, 0.15) is 25.0 Å². The summed E-state index contributed by atoms with van der Waals surface area (Å²) in [4.78, 5) is 6.63. The summed E-state index contributed by atoms with van der Waals surface area (Å²) in [6.07, 6.45) is 5.56. The largest absolute Gasteiger partial charge is 0.486 e. The monoisotopic (exact) mass is 334 g/mol. The van der Waals surface area contributed by atoms with Gasteiger partial charge in [-0.1, -0.05) is 18.2 Å². The summed E-state index contributed by atoms with van der Waals surface area (Å²) < 4.78 is 6.23. The first-order valence-corrected chi connectivity index (χ1v) is 8.53. The van der Waals surface area contributed by atoms with Crippen molar-refractivity contribution in [3.8, 4) is 17.0 Å². The Morgan fingerprint density at radius 1 is 1.16 bits per heavy atom. The Hall–Kier alpha value is -2.66. The van der Waals surface area contributed by atoms with E-state index in [4.69, 9.17) is 4.74 Å². The molecule has 2 aromatic heterocycles. The van der Waals surface area contributed by atoms with Crippen LogP contribution in [0.5, 0.6) is 5.75 Å². The molecule has 5 nitrogen and oxygen atoms in total. The molecule has 1 aliphatic heterocycles. The van der Waals surface area contributed by atoms with Gasteiger partial charge in [-0.15, -0.1) is 0 Å². The van der Waals surface area contributed by atoms with Gasteiger partial charge in [0, 0.05) is 48.7 Å². The van der Waals surface area contributed by atoms with E-state index in [1.54, 1.807) is 6.20 Å². The molecule has 1 N–H and O–H groups in total. The van der Waals surface area contributed by atoms with Crippen LogP contribution in [0.4, 0.5) is 0 Å². The number of rotatable bonds is 3. The standard InChI is InChI=1S/C20H22N4O/c1-20(2)14-24(12-16-6-3-4-8-18(16)25-20)13-17-11-22-23-19(17)15-7-5-9-21-10-15/h3-11H,12-14H2,1-2H3,(H,22,23). The van der Waals surface area contributed by atoms with Crippen LogP contribution in [0.3, 0.4) is 0 Å². The molecule has 0 atom stereocenters. The summed E-state index contributed by atoms with van der Waals surface area (Å²) in [5.74, 6) is 0.981. The lowest BCUT2D eigenvalue weighted by Crippen LogP contribution is -2.40. The Morgan fingerprint density at radius 2 is 2.04 bits per heavy atom. The van der Waals surface area contributed by atoms with Crippen LogP contribution in [0.15, 0.2) is 55.0 Å². The highest BCUT2D eigenvalue weighted by Crippen LogP contribution is 2.31. The number of H-pyrrole nitrogens is 1. The summed E-state index contributed by atoms with van der Waals surface area (Å²) in [6.45, 7) is 6.79. The number of pyridine rings is 1. The third-order valence-electron chi connectivity index (χ3n) is 4.42. The number of nitrogens with one attached hydrogen (secondary N) is 1. The normalized spacial score (nSPS) is 16.7. The summed E-state index contributed by atoms with van der Waals surface area (Å²) in [5.41, 5.74) is 4.23. The van der Waals surface area contributed by atoms with Gasteiger partial charge in [0.1, 0.15) is 11.4 Å². The molecule has 0 amide bonds. The van der Waals surface area contributed by atoms with Crippen molar-refractivity contribution in [3.63, 3.8) is 0 Å². The van der Waals surface area contributed by atoms with E-state index in [0.29, 0.717) is 0 Å². The number of para-hydroxylation sites is 1. The predicted molar refractivity (Wildman–Crippen MR) is 97.1 cm³/mol. The molecule has 25 heavy (non-hydrogen) atoms. The SMILES string of the molecule is CC1(C)CN(Cc2cn[nH]c2-c2cccnc2)Cc2ccccc2O1. The van der Waals surface area contributed by atoms with Crippen LogP contribution in [-0.4, -0.2) is 32.2 Å². The van der Waals surface area contributed by atoms with Crippen molar-refractivity contribution in [2.75, 3.05) is 6.54 Å². The summed E-state index contributed by atoms with van der Waals surface area (Å²) in [5, 5.41) is 7.38. The highest BCUT2D eigenvalue weighted by molar-refractivity contribution is 5.61. The quantitative estimate of drug-likeness (QED) is 0.794. The van der Waals surface area contributed by atoms with Crippen molar-refractivity contribution in [1.82, 2.24) is 20.1 Å². The van der Waals surface area contributed by atoms with Crippen molar-refractivity contribution in [1.29, 1.82) is 0 Å². The molecule has 0 aliphatic carbocycles. The molecule has 1 aromatic carbocycles. The first-order valence-electron chi connectivity index (χ1n) is 8.53. The number of nitrogens with zero attached hydrogens (tertiary/aromatic N) is 3. The molecule has 0 saturated heterocycles. The Bertz CT molecular complexity index is 857. The fourth-order valence-electron chi connectivity index (χ4n) is 3.44. The molecular formula is C20H22N4O. The lowest BCUT2D eigenvalue weighted by atomic mass is 10.1. The van der Waals surface area contributed by atoms with Crippen LogP contribution in [0, 0.1) is 0 Å². The minimum Gasteiger partial charge on any atom is -0.486 e. The van der Waals surface area contributed by atoms with E-state index in [0.717, 1.165) is 36.6 Å². The predicted octanol–water partition coefficient (Wildman–Crippen LogP) is 3.64. The number of benzene rings is 1. The number of hydrogen-bond donors (Lipinski definition) is 1. The van der Waals surface area contributed by atoms with Crippen molar-refractivity contribution in [2.24, 2.45) is 0 Å². The highest BCUT2D eigenvalue weighted by Gasteiger charge is 2.29. The minimum absolute atomic E-state index is 0.245. The fraction of sp³-hybridized carbons (Fsp3) is 0.300. The number of hydrogen-bond acceptors (Lipinski definition) is 4. The molecule has 1 aliphatic rings. The molecular weight excluding hydrogens is 312 g/mol. The van der Waals surface area contributed by atoms with Crippen molar-refractivity contribution in [3.05, 3.63) is 66.1 Å². The number of aromatic nitrogens is 3. The van der Waals surface area contributed by atoms with E-state index in [1.165, 1.54) is 11.1 Å². The van der Waals surface area contributed by atoms with Gasteiger partial charge >= 0.3 is 0 Å². The Labute approximate surface area is 147 Å². The molecule has 4 rings (SSSR count). The zero-order valence-electron chi connectivity index (χ0n) is 14.6. The zero-order valence-corrected chi connectivity index (χ0v) is 14.6. The second-order valence-corrected chi connectivity index (χ2v) is 7.13. The van der Waals surface area contributed by atoms with Crippen LogP contribution >= 0.6 is 0 Å². The minimum atomic E-state index is -0.245. The lowest BCUT2D eigenvalue weighted by Gasteiger charge is -2.29. The third-order valence-corrected chi connectivity index (χ3v) is 4.42. The first kappa shape index (κ1) is 15.8. The van der Waals surface area contributed by atoms with Gasteiger partial charge in [-0.3, -0.25) is 15.0 Å². The van der Waals surface area contributed by atoms with Gasteiger partial charge in [0.15, 0.2) is 0 Å². The van der Waals surface area contributed by atoms with Crippen LogP contribution in [0.25, 0.3) is 11.3 Å². The van der Waals surface area contributed by atoms with Crippen molar-refractivity contribution < 1.29 is 4.74 Å². The smallest absolute Gasteiger partial charge is 0.124 e. The molecule has 3 heterocycles. The van der Waals surface area contributed by atoms with Gasteiger partial charge < -0.3 is 4.74 Å².